The molecule has 0 fully saturated rings. The Kier molecular flexibility index (Phi) is 8.25. The van der Waals surface area contributed by atoms with Gasteiger partial charge >= 0.3 is 0 Å². The van der Waals surface area contributed by atoms with Crippen molar-refractivity contribution < 1.29 is 0 Å². The maximum atomic E-state index is 7.11. The first-order valence-corrected chi connectivity index (χ1v) is 21.7. The molecule has 44 heavy (non-hydrogen) atoms. The van der Waals surface area contributed by atoms with Crippen LogP contribution in [0.15, 0.2) is 86.1 Å². The molecule has 1 aromatic heterocycles. The van der Waals surface area contributed by atoms with E-state index in [9.17, 15) is 0 Å². The molecule has 2 aliphatic rings. The second kappa shape index (κ2) is 10.6. The van der Waals surface area contributed by atoms with Gasteiger partial charge in [-0.15, -0.1) is 13.2 Å². The van der Waals surface area contributed by atoms with Gasteiger partial charge in [0.05, 0.1) is 5.69 Å². The normalized spacial score (nSPS) is 19.5. The second-order valence-corrected chi connectivity index (χ2v) is 32.9. The molecule has 0 unspecified atom stereocenters. The minimum absolute atomic E-state index is 0.0285. The number of rotatable bonds is 4. The predicted octanol–water partition coefficient (Wildman–Crippen LogP) is 14.1. The quantitative estimate of drug-likeness (QED) is 0.184. The third-order valence-electron chi connectivity index (χ3n) is 9.76. The number of nitrogens with zero attached hydrogens (tertiary/aromatic N) is 1. The number of hydrogen-bond acceptors (Lipinski definition) is 0. The van der Waals surface area contributed by atoms with E-state index in [4.69, 9.17) is 65.0 Å². The van der Waals surface area contributed by atoms with Gasteiger partial charge in [-0.2, -0.15) is 0 Å². The Hall–Kier alpha value is -1.23. The Morgan fingerprint density at radius 2 is 1.30 bits per heavy atom. The van der Waals surface area contributed by atoms with Crippen LogP contribution in [0, 0.1) is 0 Å². The van der Waals surface area contributed by atoms with E-state index in [-0.39, 0.29) is 10.8 Å². The molecule has 1 atom stereocenters. The molecule has 6 rings (SSSR count). The molecule has 0 saturated carbocycles. The van der Waals surface area contributed by atoms with Crippen molar-refractivity contribution in [2.75, 3.05) is 0 Å². The van der Waals surface area contributed by atoms with Crippen molar-refractivity contribution in [1.82, 2.24) is 4.57 Å². The fraction of sp³-hybridized carbons (Fsp3) is 0.333. The van der Waals surface area contributed by atoms with Gasteiger partial charge in [-0.05, 0) is 148 Å². The van der Waals surface area contributed by atoms with Crippen molar-refractivity contribution in [2.45, 2.75) is 76.0 Å². The standard InChI is InChI=1S/C34H35Cl6NS.C2H4/c1-32(2)17-18-33(3,4)30-20-27-23(19-29(30)32)13-16-26-28(22-11-14-25(35)15-12-22)21-41(31(26)27)34(5,42(36,37,38,39)40)24-9-7-6-8-10-24;1-2/h6-12,14-15,19-21H,13,16-18H2,1-5H3;1-2H2/t34-;/m0./s1. The van der Waals surface area contributed by atoms with Crippen LogP contribution in [0.3, 0.4) is 0 Å². The maximum absolute atomic E-state index is 7.11. The van der Waals surface area contributed by atoms with Crippen molar-refractivity contribution in [3.8, 4) is 22.4 Å². The summed E-state index contributed by atoms with van der Waals surface area (Å²) in [5.74, 6) is 0. The van der Waals surface area contributed by atoms with Gasteiger partial charge in [0.15, 0.2) is 0 Å². The zero-order valence-electron chi connectivity index (χ0n) is 25.8. The number of fused-ring (bicyclic) bond motifs is 4. The Bertz CT molecular complexity index is 1740. The van der Waals surface area contributed by atoms with Crippen LogP contribution in [0.5, 0.6) is 0 Å². The van der Waals surface area contributed by atoms with Crippen LogP contribution in [0.4, 0.5) is 0 Å². The summed E-state index contributed by atoms with van der Waals surface area (Å²) in [5.41, 5.74) is 10.3. The molecule has 0 aliphatic heterocycles. The van der Waals surface area contributed by atoms with Gasteiger partial charge in [0.2, 0.25) is 0 Å². The average molecular weight is 730 g/mol. The molecule has 0 spiro atoms. The van der Waals surface area contributed by atoms with Gasteiger partial charge < -0.3 is 4.57 Å². The first-order chi connectivity index (χ1) is 20.2. The van der Waals surface area contributed by atoms with Gasteiger partial charge in [0, 0.05) is 26.7 Å². The molecule has 1 nitrogen and oxygen atoms in total. The summed E-state index contributed by atoms with van der Waals surface area (Å²) in [7, 11) is 35.5. The van der Waals surface area contributed by atoms with Crippen LogP contribution in [-0.2, 0) is 28.5 Å². The molecule has 8 heteroatoms. The molecule has 3 aromatic carbocycles. The van der Waals surface area contributed by atoms with E-state index < -0.39 is 9.23 Å². The van der Waals surface area contributed by atoms with E-state index in [2.05, 4.69) is 63.7 Å². The number of aromatic nitrogens is 1. The topological polar surface area (TPSA) is 4.93 Å². The first kappa shape index (κ1) is 34.1. The van der Waals surface area contributed by atoms with Crippen LogP contribution < -0.4 is 0 Å². The van der Waals surface area contributed by atoms with Crippen LogP contribution in [-0.4, -0.2) is 4.57 Å². The zero-order valence-corrected chi connectivity index (χ0v) is 31.1. The molecule has 0 saturated heterocycles. The van der Waals surface area contributed by atoms with E-state index in [1.54, 1.807) is 0 Å². The summed E-state index contributed by atoms with van der Waals surface area (Å²) < 4.78 is -3.35. The van der Waals surface area contributed by atoms with E-state index in [0.717, 1.165) is 48.1 Å². The monoisotopic (exact) mass is 727 g/mol. The highest BCUT2D eigenvalue weighted by Gasteiger charge is 2.69. The van der Waals surface area contributed by atoms with Crippen LogP contribution in [0.25, 0.3) is 22.4 Å². The molecule has 0 N–H and O–H groups in total. The van der Waals surface area contributed by atoms with Gasteiger partial charge in [0.25, 0.3) is 0 Å². The highest BCUT2D eigenvalue weighted by Crippen LogP contribution is 3.15. The summed E-state index contributed by atoms with van der Waals surface area (Å²) in [4.78, 5) is -1.44. The summed E-state index contributed by atoms with van der Waals surface area (Å²) in [6.45, 7) is 17.3. The van der Waals surface area contributed by atoms with Crippen LogP contribution >= 0.6 is 69.4 Å². The van der Waals surface area contributed by atoms with E-state index >= 15 is 0 Å². The van der Waals surface area contributed by atoms with E-state index in [1.165, 1.54) is 22.3 Å². The Labute approximate surface area is 289 Å². The van der Waals surface area contributed by atoms with Crippen molar-refractivity contribution in [3.05, 3.63) is 119 Å². The summed E-state index contributed by atoms with van der Waals surface area (Å²) >= 11 is 6.29. The molecule has 2 aliphatic carbocycles. The van der Waals surface area contributed by atoms with Crippen molar-refractivity contribution in [3.63, 3.8) is 0 Å². The zero-order chi connectivity index (χ0) is 32.6. The number of aryl methyl sites for hydroxylation is 1. The number of benzene rings is 3. The molecule has 1 heterocycles. The Morgan fingerprint density at radius 1 is 0.750 bits per heavy atom. The number of halogens is 6. The molecular formula is C36H39Cl6NS. The van der Waals surface area contributed by atoms with Gasteiger partial charge in [-0.3, -0.25) is 0 Å². The number of hydrogen-bond donors (Lipinski definition) is 0. The summed E-state index contributed by atoms with van der Waals surface area (Å²) in [5, 5.41) is 0.676. The largest absolute Gasteiger partial charge is 0.325 e. The molecular weight excluding hydrogens is 691 g/mol. The lowest BCUT2D eigenvalue weighted by atomic mass is 9.62. The lowest BCUT2D eigenvalue weighted by Gasteiger charge is -2.63. The molecule has 0 radical (unpaired) electrons. The Balaban J connectivity index is 0.00000188. The predicted molar refractivity (Wildman–Crippen MR) is 200 cm³/mol. The van der Waals surface area contributed by atoms with Crippen molar-refractivity contribution in [2.24, 2.45) is 0 Å². The second-order valence-electron chi connectivity index (χ2n) is 13.4. The average Bonchev–Trinajstić information content (AvgIpc) is 3.35. The van der Waals surface area contributed by atoms with Gasteiger partial charge in [-0.25, -0.2) is 0 Å². The Morgan fingerprint density at radius 3 is 1.84 bits per heavy atom. The SMILES string of the molecule is C=C.CC1(C)CCC(C)(C)c2cc3c(cc21)CCc1c(-c2ccc(Cl)cc2)cn([C@](C)(c2ccccc2)S(Cl)(Cl)(Cl)(Cl)Cl)c1-3. The fourth-order valence-electron chi connectivity index (χ4n) is 6.95. The minimum atomic E-state index is -5.41. The van der Waals surface area contributed by atoms with E-state index in [1.807, 2.05) is 61.5 Å². The molecule has 0 bridgehead atoms. The maximum Gasteiger partial charge on any atom is 0.141 e. The third-order valence-corrected chi connectivity index (χ3v) is 16.5. The summed E-state index contributed by atoms with van der Waals surface area (Å²) in [6.07, 6.45) is 6.08. The highest BCUT2D eigenvalue weighted by molar-refractivity contribution is 9.23. The van der Waals surface area contributed by atoms with Gasteiger partial charge in [-0.1, -0.05) is 87.8 Å². The lowest BCUT2D eigenvalue weighted by Crippen LogP contribution is -2.40. The fourth-order valence-corrected chi connectivity index (χ4v) is 10.6. The van der Waals surface area contributed by atoms with E-state index in [0.29, 0.717) is 10.6 Å². The van der Waals surface area contributed by atoms with Crippen LogP contribution in [0.1, 0.15) is 75.3 Å². The first-order valence-electron chi connectivity index (χ1n) is 14.7. The molecule has 4 aromatic rings. The van der Waals surface area contributed by atoms with Gasteiger partial charge in [0.1, 0.15) is 4.87 Å². The summed E-state index contributed by atoms with van der Waals surface area (Å²) in [6, 6.07) is 22.3. The van der Waals surface area contributed by atoms with Crippen molar-refractivity contribution in [1.29, 1.82) is 0 Å². The van der Waals surface area contributed by atoms with Crippen molar-refractivity contribution >= 4 is 69.4 Å². The lowest BCUT2D eigenvalue weighted by molar-refractivity contribution is 0.331. The van der Waals surface area contributed by atoms with Crippen LogP contribution in [0.2, 0.25) is 5.02 Å². The minimum Gasteiger partial charge on any atom is -0.325 e. The third kappa shape index (κ3) is 5.55. The molecule has 236 valence electrons. The smallest absolute Gasteiger partial charge is 0.141 e. The highest BCUT2D eigenvalue weighted by atomic mass is 36.6. The molecule has 0 amide bonds.